The van der Waals surface area contributed by atoms with Crippen molar-refractivity contribution in [3.63, 3.8) is 0 Å². The number of carbonyl (C=O) groups is 1. The number of phenols is 2. The maximum absolute atomic E-state index is 10.7. The van der Waals surface area contributed by atoms with Crippen molar-refractivity contribution < 1.29 is 15.0 Å². The lowest BCUT2D eigenvalue weighted by atomic mass is 10.1. The molecular weight excluding hydrogens is 156 g/mol. The van der Waals surface area contributed by atoms with Crippen LogP contribution in [0.5, 0.6) is 11.5 Å². The smallest absolute Gasteiger partial charge is 0.134 e. The quantitative estimate of drug-likeness (QED) is 0.694. The molecule has 0 aliphatic carbocycles. The fourth-order valence-corrected chi connectivity index (χ4v) is 0.993. The van der Waals surface area contributed by atoms with E-state index in [1.165, 1.54) is 25.1 Å². The Labute approximate surface area is 70.3 Å². The maximum Gasteiger partial charge on any atom is 0.134 e. The second-order valence-electron chi connectivity index (χ2n) is 2.65. The summed E-state index contributed by atoms with van der Waals surface area (Å²) in [6, 6.07) is 4.41. The van der Waals surface area contributed by atoms with Crippen LogP contribution in [0.25, 0.3) is 0 Å². The molecule has 0 saturated heterocycles. The van der Waals surface area contributed by atoms with Gasteiger partial charge in [0, 0.05) is 12.0 Å². The zero-order valence-electron chi connectivity index (χ0n) is 6.74. The lowest BCUT2D eigenvalue weighted by Crippen LogP contribution is -1.96. The normalized spacial score (nSPS) is 9.75. The minimum absolute atomic E-state index is 0.0369. The summed E-state index contributed by atoms with van der Waals surface area (Å²) in [5.74, 6) is -0.165. The minimum atomic E-state index is -0.0909. The summed E-state index contributed by atoms with van der Waals surface area (Å²) < 4.78 is 0. The number of Topliss-reactive ketones (excluding diaryl/α,β-unsaturated/α-hetero) is 1. The number of benzene rings is 1. The molecule has 3 nitrogen and oxygen atoms in total. The standard InChI is InChI=1S/C9H10O3/c1-6(10)5-7-8(11)3-2-4-9(7)12/h2-4,11-12H,5H2,1H3. The van der Waals surface area contributed by atoms with E-state index in [9.17, 15) is 15.0 Å². The van der Waals surface area contributed by atoms with E-state index >= 15 is 0 Å². The zero-order valence-corrected chi connectivity index (χ0v) is 6.74. The van der Waals surface area contributed by atoms with Crippen LogP contribution in [0.15, 0.2) is 18.2 Å². The molecule has 12 heavy (non-hydrogen) atoms. The van der Waals surface area contributed by atoms with Crippen LogP contribution in [0.4, 0.5) is 0 Å². The molecule has 0 spiro atoms. The molecule has 0 fully saturated rings. The van der Waals surface area contributed by atoms with Gasteiger partial charge in [-0.15, -0.1) is 0 Å². The Morgan fingerprint density at radius 3 is 2.25 bits per heavy atom. The number of ketones is 1. The number of carbonyl (C=O) groups excluding carboxylic acids is 1. The molecular formula is C9H10O3. The molecule has 3 heteroatoms. The summed E-state index contributed by atoms with van der Waals surface area (Å²) >= 11 is 0. The van der Waals surface area contributed by atoms with Gasteiger partial charge < -0.3 is 10.2 Å². The number of aromatic hydroxyl groups is 2. The predicted octanol–water partition coefficient (Wildman–Crippen LogP) is 1.23. The molecule has 0 aliphatic heterocycles. The third kappa shape index (κ3) is 1.75. The highest BCUT2D eigenvalue weighted by Crippen LogP contribution is 2.26. The Balaban J connectivity index is 3.04. The van der Waals surface area contributed by atoms with Crippen LogP contribution >= 0.6 is 0 Å². The van der Waals surface area contributed by atoms with Crippen LogP contribution in [0.3, 0.4) is 0 Å². The molecule has 0 radical (unpaired) electrons. The van der Waals surface area contributed by atoms with Crippen molar-refractivity contribution in [2.75, 3.05) is 0 Å². The van der Waals surface area contributed by atoms with E-state index in [1.807, 2.05) is 0 Å². The molecule has 0 heterocycles. The highest BCUT2D eigenvalue weighted by atomic mass is 16.3. The Morgan fingerprint density at radius 1 is 1.33 bits per heavy atom. The molecule has 0 bridgehead atoms. The van der Waals surface area contributed by atoms with Crippen molar-refractivity contribution in [3.05, 3.63) is 23.8 Å². The summed E-state index contributed by atoms with van der Waals surface area (Å²) in [7, 11) is 0. The molecule has 0 aromatic heterocycles. The fourth-order valence-electron chi connectivity index (χ4n) is 0.993. The van der Waals surface area contributed by atoms with Gasteiger partial charge in [-0.25, -0.2) is 0 Å². The maximum atomic E-state index is 10.7. The van der Waals surface area contributed by atoms with Gasteiger partial charge in [0.2, 0.25) is 0 Å². The highest BCUT2D eigenvalue weighted by molar-refractivity contribution is 5.79. The first-order valence-electron chi connectivity index (χ1n) is 3.60. The molecule has 0 saturated carbocycles. The van der Waals surface area contributed by atoms with E-state index < -0.39 is 0 Å². The first-order valence-corrected chi connectivity index (χ1v) is 3.60. The van der Waals surface area contributed by atoms with Gasteiger partial charge in [0.25, 0.3) is 0 Å². The van der Waals surface area contributed by atoms with Crippen LogP contribution < -0.4 is 0 Å². The van der Waals surface area contributed by atoms with Crippen molar-refractivity contribution in [2.24, 2.45) is 0 Å². The number of hydrogen-bond donors (Lipinski definition) is 2. The van der Waals surface area contributed by atoms with Crippen molar-refractivity contribution in [1.29, 1.82) is 0 Å². The van der Waals surface area contributed by atoms with Gasteiger partial charge in [-0.05, 0) is 19.1 Å². The van der Waals surface area contributed by atoms with Gasteiger partial charge in [-0.2, -0.15) is 0 Å². The number of hydrogen-bond acceptors (Lipinski definition) is 3. The Bertz CT molecular complexity index is 284. The lowest BCUT2D eigenvalue weighted by molar-refractivity contribution is -0.116. The first-order chi connectivity index (χ1) is 5.61. The number of phenolic OH excluding ortho intramolecular Hbond substituents is 2. The summed E-state index contributed by atoms with van der Waals surface area (Å²) in [5.41, 5.74) is 0.296. The first kappa shape index (κ1) is 8.59. The van der Waals surface area contributed by atoms with E-state index in [2.05, 4.69) is 0 Å². The van der Waals surface area contributed by atoms with E-state index in [1.54, 1.807) is 0 Å². The molecule has 0 aliphatic rings. The average Bonchev–Trinajstić information content (AvgIpc) is 1.97. The third-order valence-electron chi connectivity index (χ3n) is 1.55. The van der Waals surface area contributed by atoms with E-state index in [-0.39, 0.29) is 23.7 Å². The molecule has 1 aromatic carbocycles. The molecule has 1 rings (SSSR count). The fraction of sp³-hybridized carbons (Fsp3) is 0.222. The Kier molecular flexibility index (Phi) is 2.33. The zero-order chi connectivity index (χ0) is 9.14. The van der Waals surface area contributed by atoms with Crippen LogP contribution in [0.1, 0.15) is 12.5 Å². The van der Waals surface area contributed by atoms with Crippen LogP contribution in [-0.4, -0.2) is 16.0 Å². The van der Waals surface area contributed by atoms with Crippen molar-refractivity contribution >= 4 is 5.78 Å². The molecule has 0 amide bonds. The monoisotopic (exact) mass is 166 g/mol. The van der Waals surface area contributed by atoms with Gasteiger partial charge >= 0.3 is 0 Å². The van der Waals surface area contributed by atoms with Gasteiger partial charge in [-0.1, -0.05) is 6.07 Å². The van der Waals surface area contributed by atoms with Crippen LogP contribution in [0, 0.1) is 0 Å². The van der Waals surface area contributed by atoms with Gasteiger partial charge in [-0.3, -0.25) is 4.79 Å². The van der Waals surface area contributed by atoms with Gasteiger partial charge in [0.15, 0.2) is 0 Å². The van der Waals surface area contributed by atoms with Gasteiger partial charge in [0.1, 0.15) is 17.3 Å². The summed E-state index contributed by atoms with van der Waals surface area (Å²) in [6.45, 7) is 1.41. The van der Waals surface area contributed by atoms with Crippen molar-refractivity contribution in [2.45, 2.75) is 13.3 Å². The van der Waals surface area contributed by atoms with E-state index in [4.69, 9.17) is 0 Å². The van der Waals surface area contributed by atoms with Crippen LogP contribution in [-0.2, 0) is 11.2 Å². The Hall–Kier alpha value is -1.51. The summed E-state index contributed by atoms with van der Waals surface area (Å²) in [6.07, 6.45) is 0.0680. The molecule has 1 aromatic rings. The largest absolute Gasteiger partial charge is 0.508 e. The minimum Gasteiger partial charge on any atom is -0.508 e. The summed E-state index contributed by atoms with van der Waals surface area (Å²) in [5, 5.41) is 18.5. The average molecular weight is 166 g/mol. The third-order valence-corrected chi connectivity index (χ3v) is 1.55. The van der Waals surface area contributed by atoms with Crippen molar-refractivity contribution in [3.8, 4) is 11.5 Å². The molecule has 64 valence electrons. The predicted molar refractivity (Wildman–Crippen MR) is 44.2 cm³/mol. The molecule has 2 N–H and O–H groups in total. The summed E-state index contributed by atoms with van der Waals surface area (Å²) in [4.78, 5) is 10.7. The van der Waals surface area contributed by atoms with E-state index in [0.717, 1.165) is 0 Å². The van der Waals surface area contributed by atoms with Gasteiger partial charge in [0.05, 0.1) is 0 Å². The Morgan fingerprint density at radius 2 is 1.83 bits per heavy atom. The number of rotatable bonds is 2. The SMILES string of the molecule is CC(=O)Cc1c(O)cccc1O. The second kappa shape index (κ2) is 3.26. The molecule has 0 unspecified atom stereocenters. The second-order valence-corrected chi connectivity index (χ2v) is 2.65. The topological polar surface area (TPSA) is 57.5 Å². The lowest BCUT2D eigenvalue weighted by Gasteiger charge is -2.03. The van der Waals surface area contributed by atoms with Crippen LogP contribution in [0.2, 0.25) is 0 Å². The highest BCUT2D eigenvalue weighted by Gasteiger charge is 2.08. The van der Waals surface area contributed by atoms with Crippen molar-refractivity contribution in [1.82, 2.24) is 0 Å². The van der Waals surface area contributed by atoms with E-state index in [0.29, 0.717) is 5.56 Å². The molecule has 0 atom stereocenters.